The molecule has 0 atom stereocenters. The van der Waals surface area contributed by atoms with E-state index in [4.69, 9.17) is 0 Å². The molecular formula is C38H22N4. The highest BCUT2D eigenvalue weighted by Crippen LogP contribution is 2.39. The lowest BCUT2D eigenvalue weighted by atomic mass is 10.0. The number of nitriles is 2. The second-order valence-electron chi connectivity index (χ2n) is 10.5. The predicted molar refractivity (Wildman–Crippen MR) is 170 cm³/mol. The van der Waals surface area contributed by atoms with Gasteiger partial charge in [-0.2, -0.15) is 10.5 Å². The first-order valence-corrected chi connectivity index (χ1v) is 13.8. The van der Waals surface area contributed by atoms with Crippen molar-refractivity contribution in [3.05, 3.63) is 145 Å². The fourth-order valence-corrected chi connectivity index (χ4v) is 6.32. The van der Waals surface area contributed by atoms with E-state index in [0.29, 0.717) is 11.1 Å². The molecule has 0 radical (unpaired) electrons. The number of nitrogens with zero attached hydrogens (tertiary/aromatic N) is 4. The first kappa shape index (κ1) is 23.8. The second-order valence-corrected chi connectivity index (χ2v) is 10.5. The first-order valence-electron chi connectivity index (χ1n) is 13.8. The average molecular weight is 535 g/mol. The van der Waals surface area contributed by atoms with Gasteiger partial charge in [-0.15, -0.1) is 0 Å². The Bertz CT molecular complexity index is 2430. The average Bonchev–Trinajstić information content (AvgIpc) is 3.57. The van der Waals surface area contributed by atoms with E-state index in [1.165, 1.54) is 5.39 Å². The van der Waals surface area contributed by atoms with Gasteiger partial charge in [0.15, 0.2) is 0 Å². The van der Waals surface area contributed by atoms with Crippen LogP contribution in [0.3, 0.4) is 0 Å². The maximum atomic E-state index is 9.55. The smallest absolute Gasteiger partial charge is 0.0991 e. The summed E-state index contributed by atoms with van der Waals surface area (Å²) in [4.78, 5) is 0. The largest absolute Gasteiger partial charge is 0.309 e. The van der Waals surface area contributed by atoms with Crippen LogP contribution < -0.4 is 0 Å². The van der Waals surface area contributed by atoms with Crippen LogP contribution in [0.4, 0.5) is 0 Å². The van der Waals surface area contributed by atoms with Crippen LogP contribution in [0.2, 0.25) is 0 Å². The van der Waals surface area contributed by atoms with Crippen LogP contribution in [0.5, 0.6) is 0 Å². The van der Waals surface area contributed by atoms with Crippen molar-refractivity contribution in [1.29, 1.82) is 10.5 Å². The van der Waals surface area contributed by atoms with Crippen molar-refractivity contribution in [1.82, 2.24) is 9.13 Å². The van der Waals surface area contributed by atoms with Gasteiger partial charge in [0.05, 0.1) is 51.0 Å². The van der Waals surface area contributed by atoms with E-state index >= 15 is 0 Å². The molecule has 42 heavy (non-hydrogen) atoms. The van der Waals surface area contributed by atoms with Gasteiger partial charge in [-0.25, -0.2) is 0 Å². The van der Waals surface area contributed by atoms with Gasteiger partial charge in [-0.1, -0.05) is 66.7 Å². The third-order valence-corrected chi connectivity index (χ3v) is 8.19. The molecule has 4 heteroatoms. The quantitative estimate of drug-likeness (QED) is 0.227. The minimum atomic E-state index is 0.648. The molecule has 0 saturated carbocycles. The monoisotopic (exact) mass is 534 g/mol. The molecule has 0 unspecified atom stereocenters. The van der Waals surface area contributed by atoms with Gasteiger partial charge in [0.2, 0.25) is 0 Å². The molecule has 194 valence electrons. The van der Waals surface area contributed by atoms with Crippen LogP contribution in [0, 0.1) is 22.7 Å². The number of hydrogen-bond acceptors (Lipinski definition) is 2. The summed E-state index contributed by atoms with van der Waals surface area (Å²) in [7, 11) is 0. The third kappa shape index (κ3) is 3.47. The van der Waals surface area contributed by atoms with E-state index in [9.17, 15) is 10.5 Å². The summed E-state index contributed by atoms with van der Waals surface area (Å²) in [6.45, 7) is 0. The minimum absolute atomic E-state index is 0.648. The van der Waals surface area contributed by atoms with Gasteiger partial charge < -0.3 is 9.13 Å². The van der Waals surface area contributed by atoms with E-state index < -0.39 is 0 Å². The SMILES string of the molecule is N#Cc1ccc(-c2ccccc2-n2c3ccccc3c3cc(-n4c5ccccc5c5cc(C#N)ccc54)ccc32)cc1. The fourth-order valence-electron chi connectivity index (χ4n) is 6.32. The zero-order valence-corrected chi connectivity index (χ0v) is 22.5. The summed E-state index contributed by atoms with van der Waals surface area (Å²) in [6.07, 6.45) is 0. The standard InChI is InChI=1S/C38H22N4/c39-23-25-13-16-27(17-14-25)29-7-1-4-10-34(29)42-36-12-6-3-9-31(36)33-22-28(18-20-38(33)42)41-35-11-5-2-8-30(35)32-21-26(24-40)15-19-37(32)41/h1-22H. The van der Waals surface area contributed by atoms with E-state index in [2.05, 4.69) is 112 Å². The molecule has 0 bridgehead atoms. The Morgan fingerprint density at radius 2 is 0.976 bits per heavy atom. The van der Waals surface area contributed by atoms with E-state index in [1.54, 1.807) is 0 Å². The summed E-state index contributed by atoms with van der Waals surface area (Å²) < 4.78 is 4.63. The zero-order valence-electron chi connectivity index (χ0n) is 22.5. The number of para-hydroxylation sites is 3. The highest BCUT2D eigenvalue weighted by Gasteiger charge is 2.18. The molecule has 8 rings (SSSR count). The molecule has 0 aliphatic carbocycles. The number of benzene rings is 6. The molecular weight excluding hydrogens is 512 g/mol. The Kier molecular flexibility index (Phi) is 5.22. The molecule has 0 saturated heterocycles. The molecule has 2 aromatic heterocycles. The lowest BCUT2D eigenvalue weighted by molar-refractivity contribution is 1.17. The maximum Gasteiger partial charge on any atom is 0.0991 e. The Balaban J connectivity index is 1.40. The number of fused-ring (bicyclic) bond motifs is 6. The van der Waals surface area contributed by atoms with Crippen molar-refractivity contribution < 1.29 is 0 Å². The molecule has 0 aliphatic rings. The summed E-state index contributed by atoms with van der Waals surface area (Å²) >= 11 is 0. The Labute approximate surface area is 242 Å². The Morgan fingerprint density at radius 3 is 1.71 bits per heavy atom. The third-order valence-electron chi connectivity index (χ3n) is 8.19. The van der Waals surface area contributed by atoms with Crippen LogP contribution in [0.25, 0.3) is 66.1 Å². The van der Waals surface area contributed by atoms with Crippen LogP contribution in [-0.4, -0.2) is 9.13 Å². The van der Waals surface area contributed by atoms with Gasteiger partial charge in [0.1, 0.15) is 0 Å². The van der Waals surface area contributed by atoms with E-state index in [-0.39, 0.29) is 0 Å². The maximum absolute atomic E-state index is 9.55. The summed E-state index contributed by atoms with van der Waals surface area (Å²) in [6, 6.07) is 50.2. The van der Waals surface area contributed by atoms with Crippen LogP contribution in [0.1, 0.15) is 11.1 Å². The van der Waals surface area contributed by atoms with Crippen LogP contribution in [-0.2, 0) is 0 Å². The van der Waals surface area contributed by atoms with Crippen molar-refractivity contribution in [2.45, 2.75) is 0 Å². The lowest BCUT2D eigenvalue weighted by Crippen LogP contribution is -1.98. The molecule has 4 nitrogen and oxygen atoms in total. The van der Waals surface area contributed by atoms with Crippen molar-refractivity contribution in [3.63, 3.8) is 0 Å². The van der Waals surface area contributed by atoms with Gasteiger partial charge in [0, 0.05) is 32.8 Å². The van der Waals surface area contributed by atoms with Crippen molar-refractivity contribution in [2.24, 2.45) is 0 Å². The lowest BCUT2D eigenvalue weighted by Gasteiger charge is -2.14. The summed E-state index contributed by atoms with van der Waals surface area (Å²) in [5.74, 6) is 0. The van der Waals surface area contributed by atoms with Crippen LogP contribution >= 0.6 is 0 Å². The van der Waals surface area contributed by atoms with Crippen LogP contribution in [0.15, 0.2) is 133 Å². The van der Waals surface area contributed by atoms with Gasteiger partial charge >= 0.3 is 0 Å². The minimum Gasteiger partial charge on any atom is -0.309 e. The topological polar surface area (TPSA) is 57.4 Å². The van der Waals surface area contributed by atoms with Crippen molar-refractivity contribution in [2.75, 3.05) is 0 Å². The van der Waals surface area contributed by atoms with E-state index in [1.807, 2.05) is 42.5 Å². The Hall–Kier alpha value is -6.10. The van der Waals surface area contributed by atoms with Gasteiger partial charge in [-0.3, -0.25) is 0 Å². The highest BCUT2D eigenvalue weighted by atomic mass is 15.0. The van der Waals surface area contributed by atoms with Crippen molar-refractivity contribution >= 4 is 43.6 Å². The zero-order chi connectivity index (χ0) is 28.2. The molecule has 0 amide bonds. The molecule has 8 aromatic rings. The summed E-state index contributed by atoms with van der Waals surface area (Å²) in [5.41, 5.74) is 10.1. The highest BCUT2D eigenvalue weighted by molar-refractivity contribution is 6.12. The predicted octanol–water partition coefficient (Wildman–Crippen LogP) is 9.29. The molecule has 0 spiro atoms. The summed E-state index contributed by atoms with van der Waals surface area (Å²) in [5, 5.41) is 23.4. The molecule has 0 fully saturated rings. The van der Waals surface area contributed by atoms with Gasteiger partial charge in [-0.05, 0) is 72.3 Å². The molecule has 6 aromatic carbocycles. The number of rotatable bonds is 3. The Morgan fingerprint density at radius 1 is 0.429 bits per heavy atom. The van der Waals surface area contributed by atoms with Crippen molar-refractivity contribution in [3.8, 4) is 34.6 Å². The molecule has 0 aliphatic heterocycles. The fraction of sp³-hybridized carbons (Fsp3) is 0. The molecule has 0 N–H and O–H groups in total. The van der Waals surface area contributed by atoms with Gasteiger partial charge in [0.25, 0.3) is 0 Å². The van der Waals surface area contributed by atoms with E-state index in [0.717, 1.165) is 60.7 Å². The first-order chi connectivity index (χ1) is 20.7. The number of aromatic nitrogens is 2. The normalized spacial score (nSPS) is 11.3. The second kappa shape index (κ2) is 9.24. The molecule has 2 heterocycles. The number of hydrogen-bond donors (Lipinski definition) is 0.